The minimum absolute atomic E-state index is 0.0218. The molecule has 0 aromatic heterocycles. The molecule has 1 aromatic carbocycles. The molecule has 2 N–H and O–H groups in total. The van der Waals surface area contributed by atoms with Crippen LogP contribution in [0.25, 0.3) is 0 Å². The van der Waals surface area contributed by atoms with Crippen molar-refractivity contribution in [3.63, 3.8) is 0 Å². The van der Waals surface area contributed by atoms with E-state index in [1.54, 1.807) is 18.2 Å². The summed E-state index contributed by atoms with van der Waals surface area (Å²) in [7, 11) is 0. The number of benzene rings is 1. The lowest BCUT2D eigenvalue weighted by Gasteiger charge is -2.23. The highest BCUT2D eigenvalue weighted by molar-refractivity contribution is 5.20. The Kier molecular flexibility index (Phi) is 2.74. The fourth-order valence-electron chi connectivity index (χ4n) is 1.94. The van der Waals surface area contributed by atoms with E-state index in [4.69, 9.17) is 5.73 Å². The first kappa shape index (κ1) is 10.6. The molecule has 1 fully saturated rings. The smallest absolute Gasteiger partial charge is 0.130 e. The molecular weight excluding hydrogens is 196 g/mol. The minimum Gasteiger partial charge on any atom is -0.328 e. The quantitative estimate of drug-likeness (QED) is 0.813. The molecule has 1 saturated carbocycles. The molecule has 82 valence electrons. The molecule has 1 aliphatic carbocycles. The Hall–Kier alpha value is -0.960. The van der Waals surface area contributed by atoms with Crippen molar-refractivity contribution >= 4 is 0 Å². The van der Waals surface area contributed by atoms with E-state index in [0.29, 0.717) is 5.56 Å². The molecule has 1 aromatic rings. The lowest BCUT2D eigenvalue weighted by Crippen LogP contribution is -2.37. The number of hydrogen-bond donors (Lipinski definition) is 1. The predicted octanol–water partition coefficient (Wildman–Crippen LogP) is 2.45. The van der Waals surface area contributed by atoms with Crippen LogP contribution in [0.15, 0.2) is 24.3 Å². The summed E-state index contributed by atoms with van der Waals surface area (Å²) in [6, 6.07) is 6.32. The van der Waals surface area contributed by atoms with Crippen molar-refractivity contribution in [3.05, 3.63) is 35.6 Å². The van der Waals surface area contributed by atoms with E-state index in [9.17, 15) is 8.78 Å². The summed E-state index contributed by atoms with van der Waals surface area (Å²) < 4.78 is 27.6. The highest BCUT2D eigenvalue weighted by Gasteiger charge is 2.45. The summed E-state index contributed by atoms with van der Waals surface area (Å²) >= 11 is 0. The lowest BCUT2D eigenvalue weighted by atomic mass is 9.91. The average molecular weight is 211 g/mol. The van der Waals surface area contributed by atoms with Crippen LogP contribution >= 0.6 is 0 Å². The maximum Gasteiger partial charge on any atom is 0.130 e. The van der Waals surface area contributed by atoms with Gasteiger partial charge in [0.25, 0.3) is 0 Å². The molecule has 0 spiro atoms. The molecule has 2 rings (SSSR count). The van der Waals surface area contributed by atoms with Gasteiger partial charge in [-0.15, -0.1) is 0 Å². The van der Waals surface area contributed by atoms with E-state index in [2.05, 4.69) is 0 Å². The molecular formula is C12H15F2N. The van der Waals surface area contributed by atoms with Crippen LogP contribution in [0.1, 0.15) is 18.4 Å². The lowest BCUT2D eigenvalue weighted by molar-refractivity contribution is 0.141. The average Bonchev–Trinajstić information content (AvgIpc) is 3.05. The maximum absolute atomic E-state index is 14.3. The van der Waals surface area contributed by atoms with Gasteiger partial charge in [-0.1, -0.05) is 18.2 Å². The first-order valence-electron chi connectivity index (χ1n) is 5.28. The molecule has 0 heterocycles. The summed E-state index contributed by atoms with van der Waals surface area (Å²) in [6.45, 7) is -0.0218. The SMILES string of the molecule is NCC(F)(Cc1ccccc1F)C1CC1. The van der Waals surface area contributed by atoms with Crippen molar-refractivity contribution in [2.45, 2.75) is 24.9 Å². The van der Waals surface area contributed by atoms with Crippen LogP contribution in [0.2, 0.25) is 0 Å². The van der Waals surface area contributed by atoms with Gasteiger partial charge in [-0.2, -0.15) is 0 Å². The van der Waals surface area contributed by atoms with Gasteiger partial charge in [0, 0.05) is 13.0 Å². The van der Waals surface area contributed by atoms with Gasteiger partial charge in [0.1, 0.15) is 11.5 Å². The van der Waals surface area contributed by atoms with Gasteiger partial charge in [-0.05, 0) is 30.4 Å². The third-order valence-corrected chi connectivity index (χ3v) is 3.09. The van der Waals surface area contributed by atoms with Crippen LogP contribution < -0.4 is 5.73 Å². The van der Waals surface area contributed by atoms with Crippen molar-refractivity contribution < 1.29 is 8.78 Å². The van der Waals surface area contributed by atoms with Gasteiger partial charge in [0.2, 0.25) is 0 Å². The number of hydrogen-bond acceptors (Lipinski definition) is 1. The van der Waals surface area contributed by atoms with E-state index in [0.717, 1.165) is 12.8 Å². The number of alkyl halides is 1. The molecule has 1 aliphatic rings. The summed E-state index contributed by atoms with van der Waals surface area (Å²) in [5, 5.41) is 0. The molecule has 1 unspecified atom stereocenters. The molecule has 0 amide bonds. The second-order valence-corrected chi connectivity index (χ2v) is 4.28. The van der Waals surface area contributed by atoms with E-state index in [1.807, 2.05) is 0 Å². The Morgan fingerprint density at radius 2 is 2.00 bits per heavy atom. The molecule has 0 radical (unpaired) electrons. The Labute approximate surface area is 88.3 Å². The van der Waals surface area contributed by atoms with Gasteiger partial charge < -0.3 is 5.73 Å². The molecule has 0 saturated heterocycles. The minimum atomic E-state index is -1.41. The monoisotopic (exact) mass is 211 g/mol. The molecule has 3 heteroatoms. The van der Waals surface area contributed by atoms with E-state index >= 15 is 0 Å². The maximum atomic E-state index is 14.3. The molecule has 0 aliphatic heterocycles. The fourth-order valence-corrected chi connectivity index (χ4v) is 1.94. The Morgan fingerprint density at radius 1 is 1.33 bits per heavy atom. The molecule has 1 atom stereocenters. The molecule has 15 heavy (non-hydrogen) atoms. The molecule has 0 bridgehead atoms. The summed E-state index contributed by atoms with van der Waals surface area (Å²) in [4.78, 5) is 0. The largest absolute Gasteiger partial charge is 0.328 e. The number of halogens is 2. The van der Waals surface area contributed by atoms with Crippen LogP contribution in [0.3, 0.4) is 0 Å². The second-order valence-electron chi connectivity index (χ2n) is 4.28. The van der Waals surface area contributed by atoms with Crippen LogP contribution in [-0.4, -0.2) is 12.2 Å². The first-order chi connectivity index (χ1) is 7.15. The second kappa shape index (κ2) is 3.89. The van der Waals surface area contributed by atoms with Gasteiger partial charge in [-0.25, -0.2) is 8.78 Å². The fraction of sp³-hybridized carbons (Fsp3) is 0.500. The van der Waals surface area contributed by atoms with Gasteiger partial charge in [0.05, 0.1) is 0 Å². The zero-order valence-electron chi connectivity index (χ0n) is 8.55. The third kappa shape index (κ3) is 2.17. The number of nitrogens with two attached hydrogens (primary N) is 1. The van der Waals surface area contributed by atoms with Crippen LogP contribution in [-0.2, 0) is 6.42 Å². The van der Waals surface area contributed by atoms with Crippen LogP contribution in [0, 0.1) is 11.7 Å². The standard InChI is InChI=1S/C12H15F2N/c13-11-4-2-1-3-9(11)7-12(14,8-15)10-5-6-10/h1-4,10H,5-8,15H2. The highest BCUT2D eigenvalue weighted by Crippen LogP contribution is 2.43. The van der Waals surface area contributed by atoms with Crippen molar-refractivity contribution in [1.82, 2.24) is 0 Å². The molecule has 1 nitrogen and oxygen atoms in total. The van der Waals surface area contributed by atoms with Gasteiger partial charge >= 0.3 is 0 Å². The van der Waals surface area contributed by atoms with E-state index < -0.39 is 5.67 Å². The zero-order chi connectivity index (χ0) is 10.9. The predicted molar refractivity (Wildman–Crippen MR) is 55.7 cm³/mol. The van der Waals surface area contributed by atoms with E-state index in [-0.39, 0.29) is 24.7 Å². The number of rotatable bonds is 4. The first-order valence-corrected chi connectivity index (χ1v) is 5.28. The zero-order valence-corrected chi connectivity index (χ0v) is 8.55. The summed E-state index contributed by atoms with van der Waals surface area (Å²) in [5.41, 5.74) is 4.46. The van der Waals surface area contributed by atoms with Crippen molar-refractivity contribution in [2.75, 3.05) is 6.54 Å². The highest BCUT2D eigenvalue weighted by atomic mass is 19.1. The van der Waals surface area contributed by atoms with E-state index in [1.165, 1.54) is 6.07 Å². The Balaban J connectivity index is 2.16. The van der Waals surface area contributed by atoms with Crippen molar-refractivity contribution in [3.8, 4) is 0 Å². The summed E-state index contributed by atoms with van der Waals surface area (Å²) in [6.07, 6.45) is 1.85. The summed E-state index contributed by atoms with van der Waals surface area (Å²) in [5.74, 6) is -0.310. The Bertz CT molecular complexity index is 349. The van der Waals surface area contributed by atoms with Crippen LogP contribution in [0.5, 0.6) is 0 Å². The van der Waals surface area contributed by atoms with Crippen molar-refractivity contribution in [2.24, 2.45) is 11.7 Å². The Morgan fingerprint density at radius 3 is 2.53 bits per heavy atom. The van der Waals surface area contributed by atoms with Crippen molar-refractivity contribution in [1.29, 1.82) is 0 Å². The van der Waals surface area contributed by atoms with Crippen LogP contribution in [0.4, 0.5) is 8.78 Å². The topological polar surface area (TPSA) is 26.0 Å². The normalized spacial score (nSPS) is 19.9. The van der Waals surface area contributed by atoms with Gasteiger partial charge in [0.15, 0.2) is 0 Å². The van der Waals surface area contributed by atoms with Gasteiger partial charge in [-0.3, -0.25) is 0 Å². The third-order valence-electron chi connectivity index (χ3n) is 3.09.